The molecule has 0 saturated carbocycles. The van der Waals surface area contributed by atoms with Gasteiger partial charge in [-0.3, -0.25) is 9.59 Å². The van der Waals surface area contributed by atoms with Gasteiger partial charge in [-0.05, 0) is 40.7 Å². The first-order chi connectivity index (χ1) is 17.0. The monoisotopic (exact) mass is 551 g/mol. The van der Waals surface area contributed by atoms with Crippen LogP contribution in [0.25, 0.3) is 0 Å². The summed E-state index contributed by atoms with van der Waals surface area (Å²) in [6.07, 6.45) is -10.5. The molecule has 0 bridgehead atoms. The largest absolute Gasteiger partial charge is 0.469 e. The highest BCUT2D eigenvalue weighted by molar-refractivity contribution is 6.33. The van der Waals surface area contributed by atoms with Gasteiger partial charge in [0, 0.05) is 0 Å². The lowest BCUT2D eigenvalue weighted by molar-refractivity contribution is -0.178. The number of benzene rings is 2. The molecule has 204 valence electrons. The van der Waals surface area contributed by atoms with Gasteiger partial charge in [-0.25, -0.2) is 0 Å². The summed E-state index contributed by atoms with van der Waals surface area (Å²) >= 11 is 6.22. The molecule has 0 spiro atoms. The minimum absolute atomic E-state index is 0.0166. The summed E-state index contributed by atoms with van der Waals surface area (Å²) in [7, 11) is 1.25. The topological polar surface area (TPSA) is 55.4 Å². The Morgan fingerprint density at radius 3 is 2.00 bits per heavy atom. The van der Waals surface area contributed by atoms with Crippen molar-refractivity contribution in [3.05, 3.63) is 64.2 Å². The Morgan fingerprint density at radius 2 is 1.51 bits per heavy atom. The molecule has 0 aliphatic carbocycles. The van der Waals surface area contributed by atoms with Gasteiger partial charge in [0.2, 0.25) is 5.91 Å². The fourth-order valence-electron chi connectivity index (χ4n) is 4.01. The van der Waals surface area contributed by atoms with Crippen molar-refractivity contribution in [2.75, 3.05) is 12.4 Å². The van der Waals surface area contributed by atoms with Crippen molar-refractivity contribution < 1.29 is 40.7 Å². The molecule has 0 fully saturated rings. The van der Waals surface area contributed by atoms with Gasteiger partial charge in [-0.15, -0.1) is 0 Å². The number of rotatable bonds is 9. The van der Waals surface area contributed by atoms with Crippen molar-refractivity contribution in [2.24, 2.45) is 11.8 Å². The summed E-state index contributed by atoms with van der Waals surface area (Å²) < 4.78 is 83.8. The molecule has 37 heavy (non-hydrogen) atoms. The SMILES string of the molecule is COC(=O)CC(c1ccc(Cl)c(NC(=O)C(c2ccc(CC(F)(F)F)cc2)C(C)C(F)(F)F)c1)C(C)C. The van der Waals surface area contributed by atoms with Crippen LogP contribution < -0.4 is 5.32 Å². The number of amides is 1. The Bertz CT molecular complexity index is 1080. The number of nitrogens with one attached hydrogen (secondary N) is 1. The van der Waals surface area contributed by atoms with Gasteiger partial charge in [-0.1, -0.05) is 62.7 Å². The lowest BCUT2D eigenvalue weighted by Gasteiger charge is -2.26. The van der Waals surface area contributed by atoms with Crippen molar-refractivity contribution in [1.29, 1.82) is 0 Å². The van der Waals surface area contributed by atoms with E-state index in [1.165, 1.54) is 19.2 Å². The van der Waals surface area contributed by atoms with Crippen LogP contribution in [0.2, 0.25) is 5.02 Å². The van der Waals surface area contributed by atoms with E-state index in [1.54, 1.807) is 6.07 Å². The predicted molar refractivity (Wildman–Crippen MR) is 128 cm³/mol. The van der Waals surface area contributed by atoms with E-state index in [-0.39, 0.29) is 40.1 Å². The van der Waals surface area contributed by atoms with Crippen molar-refractivity contribution in [3.63, 3.8) is 0 Å². The molecule has 2 aromatic rings. The molecule has 0 saturated heterocycles. The van der Waals surface area contributed by atoms with E-state index in [0.29, 0.717) is 5.56 Å². The molecule has 2 aromatic carbocycles. The second-order valence-corrected chi connectivity index (χ2v) is 9.61. The van der Waals surface area contributed by atoms with E-state index in [4.69, 9.17) is 16.3 Å². The molecule has 2 rings (SSSR count). The fourth-order valence-corrected chi connectivity index (χ4v) is 4.18. The normalized spacial score (nSPS) is 14.7. The van der Waals surface area contributed by atoms with Crippen LogP contribution in [-0.4, -0.2) is 31.3 Å². The Hall–Kier alpha value is -2.75. The molecule has 11 heteroatoms. The summed E-state index contributed by atoms with van der Waals surface area (Å²) in [5.41, 5.74) is 0.437. The number of ether oxygens (including phenoxy) is 1. The molecule has 1 amide bonds. The molecule has 1 N–H and O–H groups in total. The van der Waals surface area contributed by atoms with Gasteiger partial charge in [0.25, 0.3) is 0 Å². The van der Waals surface area contributed by atoms with E-state index >= 15 is 0 Å². The zero-order valence-corrected chi connectivity index (χ0v) is 21.4. The highest BCUT2D eigenvalue weighted by Gasteiger charge is 2.45. The average Bonchev–Trinajstić information content (AvgIpc) is 2.78. The van der Waals surface area contributed by atoms with Gasteiger partial charge >= 0.3 is 18.3 Å². The number of anilines is 1. The maximum atomic E-state index is 13.7. The van der Waals surface area contributed by atoms with Gasteiger partial charge in [0.1, 0.15) is 0 Å². The number of methoxy groups -OCH3 is 1. The number of hydrogen-bond donors (Lipinski definition) is 1. The van der Waals surface area contributed by atoms with Crippen LogP contribution >= 0.6 is 11.6 Å². The predicted octanol–water partition coefficient (Wildman–Crippen LogP) is 7.67. The number of hydrogen-bond acceptors (Lipinski definition) is 3. The minimum atomic E-state index is -4.76. The second kappa shape index (κ2) is 12.2. The molecular weight excluding hydrogens is 524 g/mol. The van der Waals surface area contributed by atoms with Crippen LogP contribution in [0.4, 0.5) is 32.0 Å². The zero-order chi connectivity index (χ0) is 28.1. The Balaban J connectivity index is 2.42. The molecule has 0 radical (unpaired) electrons. The van der Waals surface area contributed by atoms with Crippen molar-refractivity contribution >= 4 is 29.2 Å². The Labute approximate surface area is 216 Å². The third-order valence-electron chi connectivity index (χ3n) is 6.14. The molecule has 0 heterocycles. The van der Waals surface area contributed by atoms with Crippen molar-refractivity contribution in [1.82, 2.24) is 0 Å². The van der Waals surface area contributed by atoms with E-state index in [1.807, 2.05) is 13.8 Å². The lowest BCUT2D eigenvalue weighted by atomic mass is 9.84. The van der Waals surface area contributed by atoms with Crippen LogP contribution in [0.1, 0.15) is 55.7 Å². The maximum absolute atomic E-state index is 13.7. The molecule has 4 nitrogen and oxygen atoms in total. The Kier molecular flexibility index (Phi) is 10.0. The number of carbonyl (C=O) groups excluding carboxylic acids is 2. The van der Waals surface area contributed by atoms with Crippen LogP contribution in [0, 0.1) is 11.8 Å². The third kappa shape index (κ3) is 8.66. The highest BCUT2D eigenvalue weighted by Crippen LogP contribution is 2.39. The number of halogens is 7. The maximum Gasteiger partial charge on any atom is 0.393 e. The zero-order valence-electron chi connectivity index (χ0n) is 20.6. The fraction of sp³-hybridized carbons (Fsp3) is 0.462. The molecule has 0 aliphatic rings. The molecule has 3 atom stereocenters. The summed E-state index contributed by atoms with van der Waals surface area (Å²) in [4.78, 5) is 25.0. The number of alkyl halides is 6. The molecule has 0 aromatic heterocycles. The quantitative estimate of drug-likeness (QED) is 0.257. The minimum Gasteiger partial charge on any atom is -0.469 e. The first-order valence-electron chi connectivity index (χ1n) is 11.4. The molecular formula is C26H28ClF6NO3. The molecule has 3 unspecified atom stereocenters. The second-order valence-electron chi connectivity index (χ2n) is 9.20. The Morgan fingerprint density at radius 1 is 0.946 bits per heavy atom. The van der Waals surface area contributed by atoms with E-state index < -0.39 is 42.5 Å². The summed E-state index contributed by atoms with van der Waals surface area (Å²) in [6, 6.07) is 8.91. The smallest absolute Gasteiger partial charge is 0.393 e. The number of carbonyl (C=O) groups is 2. The van der Waals surface area contributed by atoms with E-state index in [9.17, 15) is 35.9 Å². The summed E-state index contributed by atoms with van der Waals surface area (Å²) in [6.45, 7) is 4.59. The van der Waals surface area contributed by atoms with Crippen molar-refractivity contribution in [2.45, 2.75) is 57.8 Å². The van der Waals surface area contributed by atoms with Gasteiger partial charge in [-0.2, -0.15) is 26.3 Å². The van der Waals surface area contributed by atoms with Gasteiger partial charge < -0.3 is 10.1 Å². The van der Waals surface area contributed by atoms with Crippen LogP contribution in [0.15, 0.2) is 42.5 Å². The van der Waals surface area contributed by atoms with Crippen LogP contribution in [0.5, 0.6) is 0 Å². The number of esters is 1. The van der Waals surface area contributed by atoms with Gasteiger partial charge in [0.15, 0.2) is 0 Å². The standard InChI is InChI=1S/C26H28ClF6NO3/c1-14(2)19(12-22(35)37-4)18-9-10-20(27)21(11-18)34-24(36)23(15(3)26(31,32)33)17-7-5-16(6-8-17)13-25(28,29)30/h5-11,14-15,19,23H,12-13H2,1-4H3,(H,34,36). The summed E-state index contributed by atoms with van der Waals surface area (Å²) in [5.74, 6) is -5.71. The lowest BCUT2D eigenvalue weighted by Crippen LogP contribution is -2.34. The first-order valence-corrected chi connectivity index (χ1v) is 11.8. The van der Waals surface area contributed by atoms with Crippen LogP contribution in [0.3, 0.4) is 0 Å². The van der Waals surface area contributed by atoms with Crippen LogP contribution in [-0.2, 0) is 20.7 Å². The van der Waals surface area contributed by atoms with E-state index in [0.717, 1.165) is 31.2 Å². The summed E-state index contributed by atoms with van der Waals surface area (Å²) in [5, 5.41) is 2.52. The average molecular weight is 552 g/mol. The third-order valence-corrected chi connectivity index (χ3v) is 6.47. The van der Waals surface area contributed by atoms with E-state index in [2.05, 4.69) is 5.32 Å². The highest BCUT2D eigenvalue weighted by atomic mass is 35.5. The van der Waals surface area contributed by atoms with Crippen molar-refractivity contribution in [3.8, 4) is 0 Å². The molecule has 0 aliphatic heterocycles. The first kappa shape index (κ1) is 30.5. The van der Waals surface area contributed by atoms with Gasteiger partial charge in [0.05, 0.1) is 42.5 Å².